The van der Waals surface area contributed by atoms with Crippen molar-refractivity contribution in [1.82, 2.24) is 4.98 Å². The van der Waals surface area contributed by atoms with Gasteiger partial charge in [-0.15, -0.1) is 0 Å². The number of alkyl halides is 3. The summed E-state index contributed by atoms with van der Waals surface area (Å²) in [7, 11) is -3.98. The van der Waals surface area contributed by atoms with Gasteiger partial charge in [-0.2, -0.15) is 13.2 Å². The number of hydrogen-bond acceptors (Lipinski definition) is 6. The van der Waals surface area contributed by atoms with E-state index in [1.54, 1.807) is 0 Å². The molecule has 0 spiro atoms. The van der Waals surface area contributed by atoms with Crippen molar-refractivity contribution >= 4 is 61.8 Å². The van der Waals surface area contributed by atoms with Crippen molar-refractivity contribution in [1.29, 1.82) is 5.41 Å². The monoisotopic (exact) mass is 533 g/mol. The SMILES string of the molecule is N=C(N)N(Cl)c1cncc2cc(S(=O)(=O)Nc3cccc(C(=O)O)c3)ccc12.O=C(O)C(F)(F)F. The van der Waals surface area contributed by atoms with Crippen LogP contribution in [0.25, 0.3) is 10.8 Å². The number of pyridine rings is 1. The highest BCUT2D eigenvalue weighted by Crippen LogP contribution is 2.29. The molecule has 3 rings (SSSR count). The number of benzene rings is 2. The molecule has 11 nitrogen and oxygen atoms in total. The Morgan fingerprint density at radius 3 is 2.29 bits per heavy atom. The molecule has 0 aliphatic heterocycles. The summed E-state index contributed by atoms with van der Waals surface area (Å²) in [6.45, 7) is 0. The number of hydrogen-bond donors (Lipinski definition) is 5. The highest BCUT2D eigenvalue weighted by atomic mass is 35.5. The van der Waals surface area contributed by atoms with Gasteiger partial charge >= 0.3 is 18.1 Å². The molecule has 0 amide bonds. The van der Waals surface area contributed by atoms with Gasteiger partial charge in [0.1, 0.15) is 0 Å². The molecule has 16 heteroatoms. The molecule has 0 bridgehead atoms. The summed E-state index contributed by atoms with van der Waals surface area (Å²) in [5.74, 6) is -4.33. The molecule has 3 aromatic rings. The minimum atomic E-state index is -5.08. The summed E-state index contributed by atoms with van der Waals surface area (Å²) in [6, 6.07) is 9.74. The summed E-state index contributed by atoms with van der Waals surface area (Å²) in [6.07, 6.45) is -2.23. The van der Waals surface area contributed by atoms with Gasteiger partial charge in [-0.3, -0.25) is 15.1 Å². The number of carboxylic acids is 2. The fourth-order valence-electron chi connectivity index (χ4n) is 2.52. The first kappa shape index (κ1) is 27.1. The average Bonchev–Trinajstić information content (AvgIpc) is 2.77. The molecule has 1 aromatic heterocycles. The van der Waals surface area contributed by atoms with Gasteiger partial charge < -0.3 is 15.9 Å². The van der Waals surface area contributed by atoms with Crippen LogP contribution >= 0.6 is 11.8 Å². The van der Waals surface area contributed by atoms with Crippen molar-refractivity contribution in [2.24, 2.45) is 5.73 Å². The molecule has 2 aromatic carbocycles. The molecule has 35 heavy (non-hydrogen) atoms. The van der Waals surface area contributed by atoms with Crippen LogP contribution in [0.4, 0.5) is 24.5 Å². The fourth-order valence-corrected chi connectivity index (χ4v) is 3.74. The van der Waals surface area contributed by atoms with Crippen LogP contribution in [0.1, 0.15) is 10.4 Å². The van der Waals surface area contributed by atoms with Crippen molar-refractivity contribution in [3.63, 3.8) is 0 Å². The van der Waals surface area contributed by atoms with Crippen molar-refractivity contribution < 1.29 is 41.4 Å². The first-order valence-corrected chi connectivity index (χ1v) is 10.8. The molecule has 0 fully saturated rings. The Morgan fingerprint density at radius 2 is 1.74 bits per heavy atom. The average molecular weight is 534 g/mol. The smallest absolute Gasteiger partial charge is 0.478 e. The summed E-state index contributed by atoms with van der Waals surface area (Å²) >= 11 is 5.96. The molecule has 0 saturated heterocycles. The summed E-state index contributed by atoms with van der Waals surface area (Å²) in [5.41, 5.74) is 5.79. The Hall–Kier alpha value is -4.11. The van der Waals surface area contributed by atoms with E-state index in [0.29, 0.717) is 16.5 Å². The molecule has 0 aliphatic rings. The Balaban J connectivity index is 0.000000540. The third kappa shape index (κ3) is 6.94. The highest BCUT2D eigenvalue weighted by molar-refractivity contribution is 7.92. The minimum absolute atomic E-state index is 0.0426. The largest absolute Gasteiger partial charge is 0.490 e. The Bertz CT molecular complexity index is 1400. The van der Waals surface area contributed by atoms with Gasteiger partial charge in [-0.1, -0.05) is 12.1 Å². The molecule has 0 aliphatic carbocycles. The predicted octanol–water partition coefficient (Wildman–Crippen LogP) is 3.22. The number of aromatic carboxylic acids is 1. The molecule has 0 saturated carbocycles. The Morgan fingerprint density at radius 1 is 1.11 bits per heavy atom. The number of sulfonamides is 1. The van der Waals surface area contributed by atoms with E-state index in [1.165, 1.54) is 54.9 Å². The van der Waals surface area contributed by atoms with Crippen molar-refractivity contribution in [3.8, 4) is 0 Å². The number of carbonyl (C=O) groups is 2. The van der Waals surface area contributed by atoms with Gasteiger partial charge in [0.25, 0.3) is 10.0 Å². The maximum atomic E-state index is 12.7. The third-order valence-corrected chi connectivity index (χ3v) is 5.79. The molecular formula is C19H15ClF3N5O6S. The van der Waals surface area contributed by atoms with Crippen molar-refractivity contribution in [3.05, 3.63) is 60.4 Å². The van der Waals surface area contributed by atoms with E-state index in [-0.39, 0.29) is 16.1 Å². The number of rotatable bonds is 5. The fraction of sp³-hybridized carbons (Fsp3) is 0.0526. The molecular weight excluding hydrogens is 519 g/mol. The van der Waals surface area contributed by atoms with Crippen molar-refractivity contribution in [2.45, 2.75) is 11.1 Å². The maximum Gasteiger partial charge on any atom is 0.490 e. The summed E-state index contributed by atoms with van der Waals surface area (Å²) < 4.78 is 60.4. The molecule has 0 atom stereocenters. The first-order chi connectivity index (χ1) is 16.1. The zero-order valence-corrected chi connectivity index (χ0v) is 18.7. The number of aliphatic carboxylic acids is 1. The number of fused-ring (bicyclic) bond motifs is 1. The van der Waals surface area contributed by atoms with Crippen molar-refractivity contribution in [2.75, 3.05) is 9.14 Å². The topological polar surface area (TPSA) is 187 Å². The lowest BCUT2D eigenvalue weighted by atomic mass is 10.1. The zero-order chi connectivity index (χ0) is 26.6. The van der Waals surface area contributed by atoms with E-state index in [2.05, 4.69) is 9.71 Å². The lowest BCUT2D eigenvalue weighted by molar-refractivity contribution is -0.192. The molecule has 186 valence electrons. The normalized spacial score (nSPS) is 11.2. The standard InChI is InChI=1S/C17H14ClN5O4S.C2HF3O2/c18-23(17(19)20)15-9-21-8-11-7-13(4-5-14(11)15)28(26,27)22-12-3-1-2-10(6-12)16(24)25;3-2(4,5)1(6)7/h1-9,22H,(H3,19,20)(H,24,25);(H,6,7). The molecule has 0 unspecified atom stereocenters. The van der Waals surface area contributed by atoms with Crippen LogP contribution in [0.3, 0.4) is 0 Å². The Kier molecular flexibility index (Phi) is 8.09. The minimum Gasteiger partial charge on any atom is -0.478 e. The lowest BCUT2D eigenvalue weighted by Crippen LogP contribution is -2.28. The van der Waals surface area contributed by atoms with E-state index in [1.807, 2.05) is 0 Å². The number of carboxylic acid groups (broad SMARTS) is 2. The molecule has 1 heterocycles. The van der Waals surface area contributed by atoms with E-state index in [9.17, 15) is 26.4 Å². The number of anilines is 2. The van der Waals surface area contributed by atoms with Gasteiger partial charge in [-0.25, -0.2) is 22.4 Å². The van der Waals surface area contributed by atoms with Gasteiger partial charge in [0.2, 0.25) is 5.96 Å². The second kappa shape index (κ2) is 10.4. The number of nitrogens with one attached hydrogen (secondary N) is 2. The van der Waals surface area contributed by atoms with Gasteiger partial charge in [0, 0.05) is 34.4 Å². The van der Waals surface area contributed by atoms with E-state index in [4.69, 9.17) is 37.9 Å². The quantitative estimate of drug-likeness (QED) is 0.186. The van der Waals surface area contributed by atoms with Crippen LogP contribution < -0.4 is 14.9 Å². The summed E-state index contributed by atoms with van der Waals surface area (Å²) in [5, 5.41) is 24.6. The van der Waals surface area contributed by atoms with Crippen LogP contribution in [-0.4, -0.2) is 47.7 Å². The van der Waals surface area contributed by atoms with Crippen LogP contribution in [0.15, 0.2) is 59.8 Å². The zero-order valence-electron chi connectivity index (χ0n) is 17.1. The Labute approximate surface area is 200 Å². The second-order valence-electron chi connectivity index (χ2n) is 6.50. The summed E-state index contributed by atoms with van der Waals surface area (Å²) in [4.78, 5) is 23.9. The number of guanidine groups is 1. The van der Waals surface area contributed by atoms with Gasteiger partial charge in [0.05, 0.1) is 22.3 Å². The second-order valence-corrected chi connectivity index (χ2v) is 8.52. The number of nitrogens with zero attached hydrogens (tertiary/aromatic N) is 2. The van der Waals surface area contributed by atoms with Crippen LogP contribution in [-0.2, 0) is 14.8 Å². The van der Waals surface area contributed by atoms with E-state index < -0.39 is 34.1 Å². The number of halogens is 4. The van der Waals surface area contributed by atoms with E-state index in [0.717, 1.165) is 4.42 Å². The van der Waals surface area contributed by atoms with Gasteiger partial charge in [-0.05, 0) is 30.3 Å². The lowest BCUT2D eigenvalue weighted by Gasteiger charge is -2.15. The maximum absolute atomic E-state index is 12.7. The highest BCUT2D eigenvalue weighted by Gasteiger charge is 2.38. The number of nitrogens with two attached hydrogens (primary N) is 1. The van der Waals surface area contributed by atoms with Crippen LogP contribution in [0, 0.1) is 5.41 Å². The van der Waals surface area contributed by atoms with Gasteiger partial charge in [0.15, 0.2) is 0 Å². The first-order valence-electron chi connectivity index (χ1n) is 8.97. The molecule has 0 radical (unpaired) electrons. The third-order valence-electron chi connectivity index (χ3n) is 4.05. The predicted molar refractivity (Wildman–Crippen MR) is 120 cm³/mol. The van der Waals surface area contributed by atoms with E-state index >= 15 is 0 Å². The van der Waals surface area contributed by atoms with Crippen LogP contribution in [0.2, 0.25) is 0 Å². The number of aromatic nitrogens is 1. The molecule has 6 N–H and O–H groups in total. The van der Waals surface area contributed by atoms with Crippen LogP contribution in [0.5, 0.6) is 0 Å².